The highest BCUT2D eigenvalue weighted by Crippen LogP contribution is 2.16. The number of rotatable bonds is 7. The summed E-state index contributed by atoms with van der Waals surface area (Å²) >= 11 is 0. The Balaban J connectivity index is 1.79. The Morgan fingerprint density at radius 3 is 2.13 bits per heavy atom. The van der Waals surface area contributed by atoms with Crippen molar-refractivity contribution in [2.24, 2.45) is 9.98 Å². The van der Waals surface area contributed by atoms with Gasteiger partial charge in [-0.15, -0.1) is 0 Å². The molecular weight excluding hydrogens is 374 g/mol. The van der Waals surface area contributed by atoms with E-state index in [2.05, 4.69) is 15.9 Å². The number of hydrogen-bond donors (Lipinski definition) is 0. The minimum atomic E-state index is -0.418. The van der Waals surface area contributed by atoms with Crippen LogP contribution < -0.4 is 0 Å². The molecule has 0 saturated heterocycles. The van der Waals surface area contributed by atoms with Crippen LogP contribution in [0.1, 0.15) is 23.6 Å². The molecule has 0 saturated carbocycles. The number of non-ortho nitro benzene ring substituents is 1. The molecular formula is C25H21N3O2. The van der Waals surface area contributed by atoms with Crippen molar-refractivity contribution in [2.45, 2.75) is 6.92 Å². The molecule has 0 unspecified atom stereocenters. The second-order valence-electron chi connectivity index (χ2n) is 6.51. The van der Waals surface area contributed by atoms with Gasteiger partial charge in [0.2, 0.25) is 0 Å². The van der Waals surface area contributed by atoms with E-state index in [0.717, 1.165) is 28.0 Å². The summed E-state index contributed by atoms with van der Waals surface area (Å²) in [6.45, 7) is 2.41. The predicted molar refractivity (Wildman–Crippen MR) is 123 cm³/mol. The van der Waals surface area contributed by atoms with Crippen LogP contribution in [0.4, 0.5) is 5.69 Å². The van der Waals surface area contributed by atoms with Crippen molar-refractivity contribution in [1.82, 2.24) is 0 Å². The molecule has 30 heavy (non-hydrogen) atoms. The van der Waals surface area contributed by atoms with E-state index in [1.54, 1.807) is 18.3 Å². The molecule has 3 aromatic carbocycles. The minimum absolute atomic E-state index is 0.0633. The van der Waals surface area contributed by atoms with E-state index in [-0.39, 0.29) is 5.69 Å². The lowest BCUT2D eigenvalue weighted by molar-refractivity contribution is -0.384. The summed E-state index contributed by atoms with van der Waals surface area (Å²) in [5, 5.41) is 10.7. The summed E-state index contributed by atoms with van der Waals surface area (Å²) < 4.78 is 0. The number of hydrogen-bond acceptors (Lipinski definition) is 4. The monoisotopic (exact) mass is 395 g/mol. The van der Waals surface area contributed by atoms with Crippen LogP contribution in [0.15, 0.2) is 101 Å². The number of benzene rings is 3. The number of nitro groups is 1. The highest BCUT2D eigenvalue weighted by molar-refractivity contribution is 5.91. The summed E-state index contributed by atoms with van der Waals surface area (Å²) in [6.07, 6.45) is 3.63. The maximum atomic E-state index is 10.7. The molecule has 0 heterocycles. The van der Waals surface area contributed by atoms with Crippen LogP contribution in [0, 0.1) is 10.1 Å². The second-order valence-corrected chi connectivity index (χ2v) is 6.51. The van der Waals surface area contributed by atoms with Gasteiger partial charge in [-0.2, -0.15) is 0 Å². The fourth-order valence-electron chi connectivity index (χ4n) is 2.71. The van der Waals surface area contributed by atoms with Crippen molar-refractivity contribution in [3.05, 3.63) is 118 Å². The van der Waals surface area contributed by atoms with E-state index < -0.39 is 4.92 Å². The average molecular weight is 395 g/mol. The largest absolute Gasteiger partial charge is 0.288 e. The molecule has 5 nitrogen and oxygen atoms in total. The molecule has 3 rings (SSSR count). The van der Waals surface area contributed by atoms with Gasteiger partial charge in [0.15, 0.2) is 0 Å². The summed E-state index contributed by atoms with van der Waals surface area (Å²) in [7, 11) is 0. The summed E-state index contributed by atoms with van der Waals surface area (Å²) in [6, 6.07) is 26.2. The molecule has 0 N–H and O–H groups in total. The summed E-state index contributed by atoms with van der Waals surface area (Å²) in [5.74, 6) is 3.13. The maximum Gasteiger partial charge on any atom is 0.269 e. The van der Waals surface area contributed by atoms with Crippen molar-refractivity contribution < 1.29 is 4.92 Å². The quantitative estimate of drug-likeness (QED) is 0.287. The second kappa shape index (κ2) is 10.5. The van der Waals surface area contributed by atoms with Crippen molar-refractivity contribution in [3.63, 3.8) is 0 Å². The van der Waals surface area contributed by atoms with E-state index in [9.17, 15) is 10.1 Å². The van der Waals surface area contributed by atoms with E-state index in [1.165, 1.54) is 12.1 Å². The first-order valence-corrected chi connectivity index (χ1v) is 9.49. The molecule has 0 atom stereocenters. The first-order chi connectivity index (χ1) is 14.6. The average Bonchev–Trinajstić information content (AvgIpc) is 2.80. The van der Waals surface area contributed by atoms with Crippen molar-refractivity contribution in [3.8, 4) is 0 Å². The highest BCUT2D eigenvalue weighted by atomic mass is 16.6. The molecule has 148 valence electrons. The Kier molecular flexibility index (Phi) is 7.20. The van der Waals surface area contributed by atoms with Gasteiger partial charge in [-0.25, -0.2) is 4.99 Å². The SMILES string of the molecule is CC(=C=N/C(=C\CN=Cc1ccc([N+](=O)[O-])cc1)c1ccccc1)c1ccccc1. The Morgan fingerprint density at radius 2 is 1.53 bits per heavy atom. The molecule has 5 heteroatoms. The van der Waals surface area contributed by atoms with Gasteiger partial charge in [0.05, 0.1) is 17.2 Å². The molecule has 0 aliphatic heterocycles. The molecule has 0 aliphatic carbocycles. The van der Waals surface area contributed by atoms with Crippen LogP contribution in [0.5, 0.6) is 0 Å². The maximum absolute atomic E-state index is 10.7. The molecule has 0 fully saturated rings. The zero-order chi connectivity index (χ0) is 21.2. The third kappa shape index (κ3) is 5.96. The molecule has 0 aliphatic rings. The van der Waals surface area contributed by atoms with Crippen molar-refractivity contribution in [1.29, 1.82) is 0 Å². The van der Waals surface area contributed by atoms with E-state index >= 15 is 0 Å². The number of aliphatic imine (C=N–C) groups is 2. The van der Waals surface area contributed by atoms with Gasteiger partial charge in [-0.1, -0.05) is 60.7 Å². The molecule has 0 spiro atoms. The normalized spacial score (nSPS) is 11.2. The van der Waals surface area contributed by atoms with Crippen LogP contribution in [0.25, 0.3) is 11.3 Å². The fraction of sp³-hybridized carbons (Fsp3) is 0.0800. The van der Waals surface area contributed by atoms with Gasteiger partial charge < -0.3 is 0 Å². The Morgan fingerprint density at radius 1 is 0.933 bits per heavy atom. The van der Waals surface area contributed by atoms with Crippen LogP contribution in [-0.4, -0.2) is 23.6 Å². The van der Waals surface area contributed by atoms with E-state index in [4.69, 9.17) is 0 Å². The molecule has 0 radical (unpaired) electrons. The molecule has 3 aromatic rings. The van der Waals surface area contributed by atoms with Crippen LogP contribution >= 0.6 is 0 Å². The van der Waals surface area contributed by atoms with E-state index in [1.807, 2.05) is 73.7 Å². The van der Waals surface area contributed by atoms with Crippen LogP contribution in [-0.2, 0) is 0 Å². The minimum Gasteiger partial charge on any atom is -0.288 e. The lowest BCUT2D eigenvalue weighted by Crippen LogP contribution is -1.89. The Labute approximate surface area is 175 Å². The standard InChI is InChI=1S/C25H21N3O2/c1-20(22-8-4-2-5-9-22)18-27-25(23-10-6-3-7-11-23)16-17-26-19-21-12-14-24(15-13-21)28(29)30/h2-16,19H,17H2,1H3/b25-16-,26-19?. The Hall–Kier alpha value is -4.08. The third-order valence-corrected chi connectivity index (χ3v) is 4.35. The number of nitrogens with zero attached hydrogens (tertiary/aromatic N) is 3. The van der Waals surface area contributed by atoms with Gasteiger partial charge in [-0.05, 0) is 42.1 Å². The lowest BCUT2D eigenvalue weighted by atomic mass is 10.1. The lowest BCUT2D eigenvalue weighted by Gasteiger charge is -2.01. The van der Waals surface area contributed by atoms with Gasteiger partial charge in [0, 0.05) is 29.5 Å². The first-order valence-electron chi connectivity index (χ1n) is 9.49. The number of nitro benzene ring substituents is 1. The molecule has 0 amide bonds. The van der Waals surface area contributed by atoms with Crippen LogP contribution in [0.2, 0.25) is 0 Å². The zero-order valence-corrected chi connectivity index (χ0v) is 16.6. The van der Waals surface area contributed by atoms with Gasteiger partial charge >= 0.3 is 0 Å². The highest BCUT2D eigenvalue weighted by Gasteiger charge is 2.02. The van der Waals surface area contributed by atoms with Crippen molar-refractivity contribution >= 4 is 29.0 Å². The van der Waals surface area contributed by atoms with Crippen LogP contribution in [0.3, 0.4) is 0 Å². The molecule has 0 bridgehead atoms. The fourth-order valence-corrected chi connectivity index (χ4v) is 2.71. The predicted octanol–water partition coefficient (Wildman–Crippen LogP) is 5.83. The topological polar surface area (TPSA) is 67.9 Å². The van der Waals surface area contributed by atoms with Gasteiger partial charge in [0.25, 0.3) is 5.69 Å². The van der Waals surface area contributed by atoms with E-state index in [0.29, 0.717) is 6.54 Å². The Bertz CT molecular complexity index is 1110. The zero-order valence-electron chi connectivity index (χ0n) is 16.6. The van der Waals surface area contributed by atoms with Gasteiger partial charge in [-0.3, -0.25) is 15.1 Å². The summed E-state index contributed by atoms with van der Waals surface area (Å²) in [5.41, 5.74) is 4.66. The first kappa shape index (κ1) is 20.6. The number of allylic oxidation sites excluding steroid dienone is 1. The third-order valence-electron chi connectivity index (χ3n) is 4.35. The van der Waals surface area contributed by atoms with Gasteiger partial charge in [0.1, 0.15) is 0 Å². The smallest absolute Gasteiger partial charge is 0.269 e. The summed E-state index contributed by atoms with van der Waals surface area (Å²) in [4.78, 5) is 19.3. The molecule has 0 aromatic heterocycles. The van der Waals surface area contributed by atoms with Crippen molar-refractivity contribution in [2.75, 3.05) is 6.54 Å².